The molecule has 1 aromatic rings. The number of nitrogens with two attached hydrogens (primary N) is 1. The summed E-state index contributed by atoms with van der Waals surface area (Å²) >= 11 is 0. The van der Waals surface area contributed by atoms with Crippen LogP contribution in [-0.2, 0) is 4.79 Å². The van der Waals surface area contributed by atoms with Crippen molar-refractivity contribution in [2.75, 3.05) is 26.4 Å². The number of fused-ring (bicyclic) bond motifs is 1. The van der Waals surface area contributed by atoms with Gasteiger partial charge in [-0.2, -0.15) is 0 Å². The van der Waals surface area contributed by atoms with Crippen LogP contribution in [0.3, 0.4) is 0 Å². The predicted molar refractivity (Wildman–Crippen MR) is 83.0 cm³/mol. The summed E-state index contributed by atoms with van der Waals surface area (Å²) in [5.74, 6) is 1.52. The Labute approximate surface area is 130 Å². The van der Waals surface area contributed by atoms with Crippen molar-refractivity contribution in [2.45, 2.75) is 25.3 Å². The highest BCUT2D eigenvalue weighted by Crippen LogP contribution is 2.40. The molecule has 2 fully saturated rings. The Kier molecular flexibility index (Phi) is 3.76. The fourth-order valence-electron chi connectivity index (χ4n) is 3.70. The number of anilines is 1. The van der Waals surface area contributed by atoms with Crippen LogP contribution in [0, 0.1) is 11.8 Å². The quantitative estimate of drug-likeness (QED) is 0.883. The zero-order valence-electron chi connectivity index (χ0n) is 13.0. The molecule has 0 bridgehead atoms. The first kappa shape index (κ1) is 14.8. The van der Waals surface area contributed by atoms with E-state index in [2.05, 4.69) is 4.98 Å². The lowest BCUT2D eigenvalue weighted by Crippen LogP contribution is -2.39. The summed E-state index contributed by atoms with van der Waals surface area (Å²) in [6.45, 7) is 0.811. The van der Waals surface area contributed by atoms with Gasteiger partial charge >= 0.3 is 0 Å². The van der Waals surface area contributed by atoms with Crippen LogP contribution in [0.15, 0.2) is 18.3 Å². The van der Waals surface area contributed by atoms with Crippen molar-refractivity contribution in [3.8, 4) is 0 Å². The molecule has 3 rings (SSSR count). The molecule has 2 heterocycles. The smallest absolute Gasteiger partial charge is 0.255 e. The maximum absolute atomic E-state index is 12.5. The first-order valence-electron chi connectivity index (χ1n) is 7.68. The Morgan fingerprint density at radius 3 is 2.77 bits per heavy atom. The standard InChI is InChI=1S/C16H22N4O2/c1-19-9-12-6-13(5-11(12)7-15(19)21)20(2)16(22)10-3-4-14(17)18-8-10/h3-4,8,11-13H,5-7,9H2,1-2H3,(H2,17,18)/t11-,12+,13-/m0/s1. The number of piperidine rings is 1. The average molecular weight is 302 g/mol. The molecule has 2 amide bonds. The molecule has 1 saturated carbocycles. The van der Waals surface area contributed by atoms with E-state index in [1.54, 1.807) is 17.0 Å². The average Bonchev–Trinajstić information content (AvgIpc) is 2.90. The molecular formula is C16H22N4O2. The lowest BCUT2D eigenvalue weighted by Gasteiger charge is -2.31. The monoisotopic (exact) mass is 302 g/mol. The summed E-state index contributed by atoms with van der Waals surface area (Å²) < 4.78 is 0. The van der Waals surface area contributed by atoms with Crippen molar-refractivity contribution in [3.05, 3.63) is 23.9 Å². The minimum atomic E-state index is -0.0316. The van der Waals surface area contributed by atoms with E-state index < -0.39 is 0 Å². The Bertz CT molecular complexity index is 586. The number of nitrogen functional groups attached to an aromatic ring is 1. The summed E-state index contributed by atoms with van der Waals surface area (Å²) in [4.78, 5) is 32.0. The third-order valence-electron chi connectivity index (χ3n) is 5.09. The van der Waals surface area contributed by atoms with E-state index in [4.69, 9.17) is 5.73 Å². The van der Waals surface area contributed by atoms with Crippen molar-refractivity contribution in [1.82, 2.24) is 14.8 Å². The Morgan fingerprint density at radius 2 is 2.09 bits per heavy atom. The van der Waals surface area contributed by atoms with Crippen molar-refractivity contribution in [3.63, 3.8) is 0 Å². The van der Waals surface area contributed by atoms with Gasteiger partial charge in [0.2, 0.25) is 5.91 Å². The number of carbonyl (C=O) groups is 2. The van der Waals surface area contributed by atoms with Gasteiger partial charge in [0.15, 0.2) is 0 Å². The van der Waals surface area contributed by atoms with Gasteiger partial charge < -0.3 is 15.5 Å². The van der Waals surface area contributed by atoms with Crippen LogP contribution in [0.1, 0.15) is 29.6 Å². The first-order valence-corrected chi connectivity index (χ1v) is 7.68. The van der Waals surface area contributed by atoms with Gasteiger partial charge in [0, 0.05) is 39.3 Å². The van der Waals surface area contributed by atoms with E-state index in [0.29, 0.717) is 29.6 Å². The van der Waals surface area contributed by atoms with E-state index >= 15 is 0 Å². The van der Waals surface area contributed by atoms with Crippen LogP contribution >= 0.6 is 0 Å². The van der Waals surface area contributed by atoms with Gasteiger partial charge in [-0.3, -0.25) is 9.59 Å². The van der Waals surface area contributed by atoms with Crippen LogP contribution < -0.4 is 5.73 Å². The lowest BCUT2D eigenvalue weighted by atomic mass is 9.88. The third-order valence-corrected chi connectivity index (χ3v) is 5.09. The molecule has 2 aliphatic rings. The third kappa shape index (κ3) is 2.65. The van der Waals surface area contributed by atoms with Crippen LogP contribution in [0.4, 0.5) is 5.82 Å². The summed E-state index contributed by atoms with van der Waals surface area (Å²) in [7, 11) is 3.70. The molecule has 1 saturated heterocycles. The van der Waals surface area contributed by atoms with Gasteiger partial charge in [0.1, 0.15) is 5.82 Å². The molecule has 118 valence electrons. The number of likely N-dealkylation sites (tertiary alicyclic amines) is 1. The maximum atomic E-state index is 12.5. The minimum absolute atomic E-state index is 0.0316. The highest BCUT2D eigenvalue weighted by molar-refractivity contribution is 5.94. The topological polar surface area (TPSA) is 79.5 Å². The second kappa shape index (κ2) is 5.59. The molecule has 1 aromatic heterocycles. The number of aromatic nitrogens is 1. The molecule has 0 aromatic carbocycles. The second-order valence-electron chi connectivity index (χ2n) is 6.51. The van der Waals surface area contributed by atoms with Gasteiger partial charge in [0.25, 0.3) is 5.91 Å². The number of carbonyl (C=O) groups excluding carboxylic acids is 2. The van der Waals surface area contributed by atoms with Crippen molar-refractivity contribution in [2.24, 2.45) is 11.8 Å². The molecule has 6 heteroatoms. The van der Waals surface area contributed by atoms with Crippen molar-refractivity contribution < 1.29 is 9.59 Å². The van der Waals surface area contributed by atoms with Crippen LogP contribution in [0.5, 0.6) is 0 Å². The molecule has 22 heavy (non-hydrogen) atoms. The van der Waals surface area contributed by atoms with E-state index in [1.807, 2.05) is 19.0 Å². The number of hydrogen-bond acceptors (Lipinski definition) is 4. The zero-order chi connectivity index (χ0) is 15.9. The molecule has 1 aliphatic heterocycles. The Hall–Kier alpha value is -2.11. The predicted octanol–water partition coefficient (Wildman–Crippen LogP) is 0.993. The number of pyridine rings is 1. The fraction of sp³-hybridized carbons (Fsp3) is 0.562. The maximum Gasteiger partial charge on any atom is 0.255 e. The molecular weight excluding hydrogens is 280 g/mol. The van der Waals surface area contributed by atoms with E-state index in [-0.39, 0.29) is 17.9 Å². The summed E-state index contributed by atoms with van der Waals surface area (Å²) in [6, 6.07) is 3.54. The minimum Gasteiger partial charge on any atom is -0.384 e. The number of rotatable bonds is 2. The number of amides is 2. The fourth-order valence-corrected chi connectivity index (χ4v) is 3.70. The molecule has 1 aliphatic carbocycles. The van der Waals surface area contributed by atoms with Crippen LogP contribution in [-0.4, -0.2) is 53.3 Å². The normalized spacial score (nSPS) is 27.6. The van der Waals surface area contributed by atoms with Gasteiger partial charge in [-0.1, -0.05) is 0 Å². The molecule has 0 radical (unpaired) electrons. The van der Waals surface area contributed by atoms with Gasteiger partial charge in [-0.15, -0.1) is 0 Å². The van der Waals surface area contributed by atoms with E-state index in [0.717, 1.165) is 19.4 Å². The lowest BCUT2D eigenvalue weighted by molar-refractivity contribution is -0.134. The summed E-state index contributed by atoms with van der Waals surface area (Å²) in [6.07, 6.45) is 4.01. The molecule has 0 unspecified atom stereocenters. The highest BCUT2D eigenvalue weighted by Gasteiger charge is 2.42. The second-order valence-corrected chi connectivity index (χ2v) is 6.51. The molecule has 6 nitrogen and oxygen atoms in total. The van der Waals surface area contributed by atoms with Crippen molar-refractivity contribution in [1.29, 1.82) is 0 Å². The van der Waals surface area contributed by atoms with Gasteiger partial charge in [0.05, 0.1) is 5.56 Å². The summed E-state index contributed by atoms with van der Waals surface area (Å²) in [5, 5.41) is 0. The van der Waals surface area contributed by atoms with Crippen LogP contribution in [0.2, 0.25) is 0 Å². The highest BCUT2D eigenvalue weighted by atomic mass is 16.2. The molecule has 3 atom stereocenters. The van der Waals surface area contributed by atoms with Crippen LogP contribution in [0.25, 0.3) is 0 Å². The summed E-state index contributed by atoms with van der Waals surface area (Å²) in [5.41, 5.74) is 6.11. The largest absolute Gasteiger partial charge is 0.384 e. The van der Waals surface area contributed by atoms with Crippen molar-refractivity contribution >= 4 is 17.6 Å². The zero-order valence-corrected chi connectivity index (χ0v) is 13.0. The van der Waals surface area contributed by atoms with E-state index in [1.165, 1.54) is 6.20 Å². The van der Waals surface area contributed by atoms with Gasteiger partial charge in [-0.25, -0.2) is 4.98 Å². The Morgan fingerprint density at radius 1 is 1.36 bits per heavy atom. The Balaban J connectivity index is 1.68. The number of hydrogen-bond donors (Lipinski definition) is 1. The van der Waals surface area contributed by atoms with Gasteiger partial charge in [-0.05, 0) is 36.8 Å². The van der Waals surface area contributed by atoms with E-state index in [9.17, 15) is 9.59 Å². The first-order chi connectivity index (χ1) is 10.5. The number of nitrogens with zero attached hydrogens (tertiary/aromatic N) is 3. The molecule has 0 spiro atoms. The SMILES string of the molecule is CN1C[C@H]2C[C@@H](N(C)C(=O)c3ccc(N)nc3)C[C@H]2CC1=O. The molecule has 2 N–H and O–H groups in total.